The monoisotopic (exact) mass is 428 g/mol. The summed E-state index contributed by atoms with van der Waals surface area (Å²) in [7, 11) is 0. The van der Waals surface area contributed by atoms with Crippen LogP contribution in [0.15, 0.2) is 53.9 Å². The van der Waals surface area contributed by atoms with Gasteiger partial charge in [0.15, 0.2) is 5.13 Å². The molecule has 1 aromatic heterocycles. The van der Waals surface area contributed by atoms with E-state index in [0.717, 1.165) is 15.6 Å². The van der Waals surface area contributed by atoms with Crippen LogP contribution in [-0.4, -0.2) is 19.7 Å². The third kappa shape index (κ3) is 4.90. The number of anilines is 3. The third-order valence-electron chi connectivity index (χ3n) is 4.28. The first-order valence-electron chi connectivity index (χ1n) is 8.99. The van der Waals surface area contributed by atoms with E-state index < -0.39 is 17.2 Å². The molecule has 152 valence electrons. The Morgan fingerprint density at radius 2 is 1.79 bits per heavy atom. The van der Waals surface area contributed by atoms with Crippen LogP contribution in [0.5, 0.6) is 0 Å². The zero-order valence-corrected chi connectivity index (χ0v) is 18.3. The van der Waals surface area contributed by atoms with E-state index in [9.17, 15) is 13.6 Å². The molecule has 29 heavy (non-hydrogen) atoms. The Kier molecular flexibility index (Phi) is 6.16. The highest BCUT2D eigenvalue weighted by atomic mass is 32.2. The van der Waals surface area contributed by atoms with Crippen molar-refractivity contribution < 1.29 is 13.6 Å². The number of aromatic nitrogens is 1. The van der Waals surface area contributed by atoms with Crippen LogP contribution in [0.25, 0.3) is 0 Å². The molecular formula is C21H22N3O3S2-. The zero-order chi connectivity index (χ0) is 21.2. The fourth-order valence-electron chi connectivity index (χ4n) is 2.67. The van der Waals surface area contributed by atoms with E-state index in [-0.39, 0.29) is 16.7 Å². The van der Waals surface area contributed by atoms with E-state index in [1.54, 1.807) is 36.4 Å². The van der Waals surface area contributed by atoms with Crippen LogP contribution >= 0.6 is 11.3 Å². The molecular weight excluding hydrogens is 406 g/mol. The number of hydrogen-bond acceptors (Lipinski definition) is 5. The Hall–Kier alpha value is -2.55. The first-order valence-corrected chi connectivity index (χ1v) is 10.9. The molecule has 0 aliphatic rings. The van der Waals surface area contributed by atoms with Crippen molar-refractivity contribution in [2.45, 2.75) is 33.1 Å². The molecule has 1 N–H and O–H groups in total. The number of rotatable bonds is 5. The summed E-state index contributed by atoms with van der Waals surface area (Å²) in [5, 5.41) is 5.17. The lowest BCUT2D eigenvalue weighted by Gasteiger charge is -2.28. The van der Waals surface area contributed by atoms with Crippen LogP contribution in [0, 0.1) is 6.92 Å². The van der Waals surface area contributed by atoms with Gasteiger partial charge in [0, 0.05) is 10.8 Å². The summed E-state index contributed by atoms with van der Waals surface area (Å²) in [5.41, 5.74) is 2.73. The summed E-state index contributed by atoms with van der Waals surface area (Å²) in [4.78, 5) is 17.4. The van der Waals surface area contributed by atoms with E-state index in [1.165, 1.54) is 11.3 Å². The average Bonchev–Trinajstić information content (AvgIpc) is 3.12. The standard InChI is InChI=1S/C21H23N3O3S2/c1-14-9-11-15(12-10-14)24(29(26)27)17-8-6-5-7-16(17)19(25)23-20-22-18(13-28-20)21(2,3)4/h5-13H,1-4H3,(H,26,27)(H,22,23,25)/p-1. The maximum absolute atomic E-state index is 12.9. The summed E-state index contributed by atoms with van der Waals surface area (Å²) in [6, 6.07) is 13.6. The quantitative estimate of drug-likeness (QED) is 0.584. The minimum atomic E-state index is -2.60. The molecule has 0 aliphatic heterocycles. The van der Waals surface area contributed by atoms with Gasteiger partial charge in [-0.2, -0.15) is 0 Å². The Morgan fingerprint density at radius 1 is 1.14 bits per heavy atom. The first-order chi connectivity index (χ1) is 13.7. The van der Waals surface area contributed by atoms with Crippen LogP contribution in [-0.2, 0) is 16.7 Å². The van der Waals surface area contributed by atoms with Gasteiger partial charge in [-0.25, -0.2) is 4.98 Å². The topological polar surface area (TPSA) is 85.4 Å². The normalized spacial score (nSPS) is 12.4. The highest BCUT2D eigenvalue weighted by Crippen LogP contribution is 2.31. The van der Waals surface area contributed by atoms with Crippen LogP contribution in [0.4, 0.5) is 16.5 Å². The van der Waals surface area contributed by atoms with Gasteiger partial charge in [-0.1, -0.05) is 50.6 Å². The smallest absolute Gasteiger partial charge is 0.259 e. The maximum Gasteiger partial charge on any atom is 0.259 e. The molecule has 0 saturated heterocycles. The molecule has 0 aliphatic carbocycles. The Bertz CT molecular complexity index is 1040. The lowest BCUT2D eigenvalue weighted by atomic mass is 9.93. The van der Waals surface area contributed by atoms with Crippen molar-refractivity contribution in [2.75, 3.05) is 9.62 Å². The number of nitrogens with one attached hydrogen (secondary N) is 1. The molecule has 2 aromatic carbocycles. The number of para-hydroxylation sites is 1. The fraction of sp³-hybridized carbons (Fsp3) is 0.238. The van der Waals surface area contributed by atoms with Crippen molar-refractivity contribution in [2.24, 2.45) is 0 Å². The fourth-order valence-corrected chi connectivity index (χ4v) is 4.21. The van der Waals surface area contributed by atoms with E-state index >= 15 is 0 Å². The summed E-state index contributed by atoms with van der Waals surface area (Å²) >= 11 is -1.26. The van der Waals surface area contributed by atoms with Crippen molar-refractivity contribution in [1.82, 2.24) is 4.98 Å². The molecule has 0 saturated carbocycles. The van der Waals surface area contributed by atoms with Gasteiger partial charge in [-0.15, -0.1) is 11.3 Å². The summed E-state index contributed by atoms with van der Waals surface area (Å²) in [5.74, 6) is -0.419. The van der Waals surface area contributed by atoms with Gasteiger partial charge in [-0.3, -0.25) is 18.6 Å². The molecule has 1 heterocycles. The molecule has 0 bridgehead atoms. The van der Waals surface area contributed by atoms with E-state index in [0.29, 0.717) is 10.8 Å². The van der Waals surface area contributed by atoms with Gasteiger partial charge in [0.1, 0.15) is 0 Å². The molecule has 1 atom stereocenters. The van der Waals surface area contributed by atoms with Crippen molar-refractivity contribution in [3.63, 3.8) is 0 Å². The molecule has 3 aromatic rings. The number of thiazole rings is 1. The van der Waals surface area contributed by atoms with Crippen LogP contribution in [0.3, 0.4) is 0 Å². The van der Waals surface area contributed by atoms with Crippen LogP contribution < -0.4 is 9.62 Å². The van der Waals surface area contributed by atoms with E-state index in [1.807, 2.05) is 45.2 Å². The van der Waals surface area contributed by atoms with Gasteiger partial charge < -0.3 is 4.55 Å². The highest BCUT2D eigenvalue weighted by molar-refractivity contribution is 7.81. The molecule has 8 heteroatoms. The summed E-state index contributed by atoms with van der Waals surface area (Å²) < 4.78 is 25.1. The third-order valence-corrected chi connectivity index (χ3v) is 5.74. The molecule has 1 unspecified atom stereocenters. The van der Waals surface area contributed by atoms with Crippen LogP contribution in [0.1, 0.15) is 42.4 Å². The predicted molar refractivity (Wildman–Crippen MR) is 117 cm³/mol. The van der Waals surface area contributed by atoms with Crippen LogP contribution in [0.2, 0.25) is 0 Å². The van der Waals surface area contributed by atoms with Crippen molar-refractivity contribution in [3.8, 4) is 0 Å². The molecule has 1 amide bonds. The predicted octanol–water partition coefficient (Wildman–Crippen LogP) is 4.93. The number of benzene rings is 2. The van der Waals surface area contributed by atoms with Gasteiger partial charge in [-0.05, 0) is 31.2 Å². The lowest BCUT2D eigenvalue weighted by Crippen LogP contribution is -2.23. The van der Waals surface area contributed by atoms with E-state index in [2.05, 4.69) is 10.3 Å². The lowest BCUT2D eigenvalue weighted by molar-refractivity contribution is 0.102. The number of hydrogen-bond donors (Lipinski definition) is 1. The van der Waals surface area contributed by atoms with E-state index in [4.69, 9.17) is 0 Å². The minimum Gasteiger partial charge on any atom is -0.755 e. The van der Waals surface area contributed by atoms with Crippen molar-refractivity contribution >= 4 is 45.0 Å². The molecule has 0 fully saturated rings. The van der Waals surface area contributed by atoms with Gasteiger partial charge >= 0.3 is 0 Å². The van der Waals surface area contributed by atoms with Crippen molar-refractivity contribution in [3.05, 3.63) is 70.7 Å². The van der Waals surface area contributed by atoms with Gasteiger partial charge in [0.2, 0.25) is 0 Å². The minimum absolute atomic E-state index is 0.126. The Morgan fingerprint density at radius 3 is 2.38 bits per heavy atom. The number of carbonyl (C=O) groups excluding carboxylic acids is 1. The molecule has 0 radical (unpaired) electrons. The highest BCUT2D eigenvalue weighted by Gasteiger charge is 2.21. The largest absolute Gasteiger partial charge is 0.755 e. The molecule has 0 spiro atoms. The number of carbonyl (C=O) groups is 1. The molecule has 3 rings (SSSR count). The second kappa shape index (κ2) is 8.44. The second-order valence-electron chi connectivity index (χ2n) is 7.61. The van der Waals surface area contributed by atoms with Crippen molar-refractivity contribution in [1.29, 1.82) is 0 Å². The zero-order valence-electron chi connectivity index (χ0n) is 16.6. The average molecular weight is 429 g/mol. The SMILES string of the molecule is Cc1ccc(N(c2ccccc2C(=O)Nc2nc(C(C)(C)C)cs2)S(=O)[O-])cc1. The Balaban J connectivity index is 1.95. The summed E-state index contributed by atoms with van der Waals surface area (Å²) in [6.07, 6.45) is 0. The first kappa shape index (κ1) is 21.2. The molecule has 6 nitrogen and oxygen atoms in total. The Labute approximate surface area is 177 Å². The maximum atomic E-state index is 12.9. The number of nitrogens with zero attached hydrogens (tertiary/aromatic N) is 2. The number of amides is 1. The van der Waals surface area contributed by atoms with Gasteiger partial charge in [0.05, 0.1) is 33.9 Å². The summed E-state index contributed by atoms with van der Waals surface area (Å²) in [6.45, 7) is 8.06. The van der Waals surface area contributed by atoms with Gasteiger partial charge in [0.25, 0.3) is 5.91 Å². The second-order valence-corrected chi connectivity index (χ2v) is 9.26. The number of aryl methyl sites for hydroxylation is 1.